The fraction of sp³-hybridized carbons (Fsp3) is 0.409. The van der Waals surface area contributed by atoms with Crippen molar-refractivity contribution in [3.05, 3.63) is 45.8 Å². The zero-order chi connectivity index (χ0) is 22.5. The number of nitrogens with two attached hydrogens (primary N) is 1. The summed E-state index contributed by atoms with van der Waals surface area (Å²) in [7, 11) is 0. The Hall–Kier alpha value is -2.91. The average molecular weight is 446 g/mol. The van der Waals surface area contributed by atoms with Crippen LogP contribution >= 0.6 is 11.3 Å². The first-order chi connectivity index (χ1) is 14.8. The highest BCUT2D eigenvalue weighted by molar-refractivity contribution is 7.17. The third-order valence-corrected chi connectivity index (χ3v) is 6.33. The lowest BCUT2D eigenvalue weighted by Crippen LogP contribution is -2.40. The number of carbonyl (C=O) groups is 3. The van der Waals surface area contributed by atoms with E-state index in [0.717, 1.165) is 29.7 Å². The summed E-state index contributed by atoms with van der Waals surface area (Å²) in [6, 6.07) is 6.39. The number of thiophene rings is 1. The molecule has 9 heteroatoms. The Morgan fingerprint density at radius 3 is 2.61 bits per heavy atom. The molecule has 1 heterocycles. The van der Waals surface area contributed by atoms with Crippen LogP contribution in [0.3, 0.4) is 0 Å². The summed E-state index contributed by atoms with van der Waals surface area (Å²) in [6.45, 7) is 5.79. The predicted molar refractivity (Wildman–Crippen MR) is 118 cm³/mol. The van der Waals surface area contributed by atoms with Crippen LogP contribution < -0.4 is 21.3 Å². The number of ether oxygens (including phenoxy) is 2. The molecule has 0 unspecified atom stereocenters. The summed E-state index contributed by atoms with van der Waals surface area (Å²) >= 11 is 1.45. The molecule has 0 fully saturated rings. The highest BCUT2D eigenvalue weighted by Gasteiger charge is 2.29. The molecule has 31 heavy (non-hydrogen) atoms. The van der Waals surface area contributed by atoms with Gasteiger partial charge in [0.1, 0.15) is 10.8 Å². The predicted octanol–water partition coefficient (Wildman–Crippen LogP) is 3.06. The van der Waals surface area contributed by atoms with Gasteiger partial charge in [-0.2, -0.15) is 0 Å². The molecule has 8 nitrogen and oxygen atoms in total. The quantitative estimate of drug-likeness (QED) is 0.261. The lowest BCUT2D eigenvalue weighted by Gasteiger charge is -2.18. The van der Waals surface area contributed by atoms with Crippen LogP contribution in [0.5, 0.6) is 5.75 Å². The number of anilines is 1. The third-order valence-electron chi connectivity index (χ3n) is 5.16. The van der Waals surface area contributed by atoms with Crippen LogP contribution in [0.25, 0.3) is 0 Å². The van der Waals surface area contributed by atoms with E-state index in [0.29, 0.717) is 27.8 Å². The van der Waals surface area contributed by atoms with Gasteiger partial charge in [0.25, 0.3) is 11.8 Å². The first kappa shape index (κ1) is 22.8. The highest BCUT2D eigenvalue weighted by atomic mass is 32.1. The number of hydrogen-bond acceptors (Lipinski definition) is 7. The molecule has 3 rings (SSSR count). The SMILES string of the molecule is CCOC(=O)c1c(NC(=O)c2ccc(O[C@H](C)C(=O)NN)cc2)sc2c1CC[C@@H](C)C2. The number of nitrogens with one attached hydrogen (secondary N) is 2. The zero-order valence-electron chi connectivity index (χ0n) is 17.8. The minimum atomic E-state index is -0.767. The van der Waals surface area contributed by atoms with Gasteiger partial charge in [-0.05, 0) is 68.9 Å². The van der Waals surface area contributed by atoms with Gasteiger partial charge in [0.05, 0.1) is 12.2 Å². The Morgan fingerprint density at radius 1 is 1.26 bits per heavy atom. The standard InChI is InChI=1S/C22H27N3O5S/c1-4-29-22(28)18-16-10-5-12(2)11-17(16)31-21(18)24-20(27)14-6-8-15(9-7-14)30-13(3)19(26)25-23/h6-9,12-13H,4-5,10-11,23H2,1-3H3,(H,24,27)(H,25,26)/t12-,13-/m1/s1. The third kappa shape index (κ3) is 5.23. The van der Waals surface area contributed by atoms with E-state index in [2.05, 4.69) is 12.2 Å². The number of esters is 1. The van der Waals surface area contributed by atoms with Gasteiger partial charge >= 0.3 is 5.97 Å². The largest absolute Gasteiger partial charge is 0.481 e. The molecule has 0 saturated heterocycles. The molecule has 1 aromatic heterocycles. The molecular formula is C22H27N3O5S. The molecule has 0 aliphatic heterocycles. The summed E-state index contributed by atoms with van der Waals surface area (Å²) in [6.07, 6.45) is 1.93. The molecule has 0 spiro atoms. The van der Waals surface area contributed by atoms with Crippen LogP contribution in [-0.2, 0) is 22.4 Å². The molecule has 2 amide bonds. The summed E-state index contributed by atoms with van der Waals surface area (Å²) in [5.41, 5.74) is 3.89. The van der Waals surface area contributed by atoms with Gasteiger partial charge in [-0.15, -0.1) is 11.3 Å². The normalized spacial score (nSPS) is 16.1. The monoisotopic (exact) mass is 445 g/mol. The van der Waals surface area contributed by atoms with Crippen LogP contribution in [0, 0.1) is 5.92 Å². The minimum Gasteiger partial charge on any atom is -0.481 e. The maximum absolute atomic E-state index is 12.8. The van der Waals surface area contributed by atoms with Crippen molar-refractivity contribution in [2.24, 2.45) is 11.8 Å². The summed E-state index contributed by atoms with van der Waals surface area (Å²) in [4.78, 5) is 38.0. The van der Waals surface area contributed by atoms with Gasteiger partial charge in [0.2, 0.25) is 0 Å². The topological polar surface area (TPSA) is 120 Å². The van der Waals surface area contributed by atoms with Crippen LogP contribution in [-0.4, -0.2) is 30.5 Å². The first-order valence-corrected chi connectivity index (χ1v) is 11.1. The summed E-state index contributed by atoms with van der Waals surface area (Å²) in [5, 5.41) is 3.41. The van der Waals surface area contributed by atoms with Crippen LogP contribution in [0.15, 0.2) is 24.3 Å². The van der Waals surface area contributed by atoms with E-state index >= 15 is 0 Å². The van der Waals surface area contributed by atoms with E-state index in [1.807, 2.05) is 5.43 Å². The van der Waals surface area contributed by atoms with Gasteiger partial charge in [0, 0.05) is 10.4 Å². The molecule has 1 aliphatic carbocycles. The Kier molecular flexibility index (Phi) is 7.29. The lowest BCUT2D eigenvalue weighted by molar-refractivity contribution is -0.127. The molecule has 0 bridgehead atoms. The van der Waals surface area contributed by atoms with E-state index in [-0.39, 0.29) is 12.5 Å². The minimum absolute atomic E-state index is 0.273. The van der Waals surface area contributed by atoms with Crippen molar-refractivity contribution >= 4 is 34.1 Å². The van der Waals surface area contributed by atoms with E-state index in [1.54, 1.807) is 38.1 Å². The Balaban J connectivity index is 1.78. The van der Waals surface area contributed by atoms with E-state index < -0.39 is 18.0 Å². The number of amides is 2. The zero-order valence-corrected chi connectivity index (χ0v) is 18.6. The van der Waals surface area contributed by atoms with Crippen LogP contribution in [0.1, 0.15) is 58.3 Å². The molecule has 166 valence electrons. The Morgan fingerprint density at radius 2 is 1.97 bits per heavy atom. The molecule has 4 N–H and O–H groups in total. The molecular weight excluding hydrogens is 418 g/mol. The van der Waals surface area contributed by atoms with Crippen molar-refractivity contribution in [3.8, 4) is 5.75 Å². The maximum atomic E-state index is 12.8. The molecule has 1 aliphatic rings. The van der Waals surface area contributed by atoms with Gasteiger partial charge < -0.3 is 14.8 Å². The van der Waals surface area contributed by atoms with Gasteiger partial charge in [-0.1, -0.05) is 6.92 Å². The second-order valence-corrected chi connectivity index (χ2v) is 8.63. The number of benzene rings is 1. The van der Waals surface area contributed by atoms with Gasteiger partial charge in [0.15, 0.2) is 6.10 Å². The van der Waals surface area contributed by atoms with Crippen LogP contribution in [0.4, 0.5) is 5.00 Å². The van der Waals surface area contributed by atoms with E-state index in [1.165, 1.54) is 11.3 Å². The second kappa shape index (κ2) is 9.93. The number of rotatable bonds is 7. The molecule has 2 aromatic rings. The van der Waals surface area contributed by atoms with Gasteiger partial charge in [-0.25, -0.2) is 10.6 Å². The molecule has 0 saturated carbocycles. The van der Waals surface area contributed by atoms with Crippen molar-refractivity contribution in [2.45, 2.75) is 46.1 Å². The van der Waals surface area contributed by atoms with Crippen molar-refractivity contribution in [2.75, 3.05) is 11.9 Å². The average Bonchev–Trinajstić information content (AvgIpc) is 3.10. The highest BCUT2D eigenvalue weighted by Crippen LogP contribution is 2.40. The van der Waals surface area contributed by atoms with Crippen molar-refractivity contribution in [1.29, 1.82) is 0 Å². The fourth-order valence-corrected chi connectivity index (χ4v) is 4.89. The summed E-state index contributed by atoms with van der Waals surface area (Å²) < 4.78 is 10.7. The van der Waals surface area contributed by atoms with Crippen LogP contribution in [0.2, 0.25) is 0 Å². The Labute approximate surface area is 185 Å². The fourth-order valence-electron chi connectivity index (χ4n) is 3.49. The second-order valence-electron chi connectivity index (χ2n) is 7.52. The molecule has 2 atom stereocenters. The number of hydrogen-bond donors (Lipinski definition) is 3. The first-order valence-electron chi connectivity index (χ1n) is 10.2. The number of carbonyl (C=O) groups excluding carboxylic acids is 3. The van der Waals surface area contributed by atoms with Gasteiger partial charge in [-0.3, -0.25) is 15.0 Å². The summed E-state index contributed by atoms with van der Waals surface area (Å²) in [5.74, 6) is 4.88. The number of fused-ring (bicyclic) bond motifs is 1. The lowest BCUT2D eigenvalue weighted by atomic mass is 9.88. The molecule has 0 radical (unpaired) electrons. The van der Waals surface area contributed by atoms with E-state index in [4.69, 9.17) is 15.3 Å². The maximum Gasteiger partial charge on any atom is 0.341 e. The van der Waals surface area contributed by atoms with E-state index in [9.17, 15) is 14.4 Å². The van der Waals surface area contributed by atoms with Crippen molar-refractivity contribution < 1.29 is 23.9 Å². The van der Waals surface area contributed by atoms with Crippen molar-refractivity contribution in [3.63, 3.8) is 0 Å². The molecule has 1 aromatic carbocycles. The Bertz CT molecular complexity index is 970. The smallest absolute Gasteiger partial charge is 0.341 e. The number of hydrazine groups is 1. The van der Waals surface area contributed by atoms with Crippen molar-refractivity contribution in [1.82, 2.24) is 5.43 Å².